The van der Waals surface area contributed by atoms with Gasteiger partial charge in [-0.05, 0) is 50.1 Å². The summed E-state index contributed by atoms with van der Waals surface area (Å²) in [6.45, 7) is 5.89. The number of anilines is 2. The van der Waals surface area contributed by atoms with E-state index in [0.717, 1.165) is 36.3 Å². The predicted molar refractivity (Wildman–Crippen MR) is 98.8 cm³/mol. The molecule has 7 heteroatoms. The van der Waals surface area contributed by atoms with E-state index in [4.69, 9.17) is 0 Å². The van der Waals surface area contributed by atoms with Gasteiger partial charge in [0.2, 0.25) is 0 Å². The third-order valence-electron chi connectivity index (χ3n) is 4.93. The molecule has 1 fully saturated rings. The minimum absolute atomic E-state index is 0.0334. The molecule has 3 rings (SSSR count). The monoisotopic (exact) mass is 374 g/mol. The zero-order valence-electron chi connectivity index (χ0n) is 15.3. The molecule has 1 aliphatic heterocycles. The van der Waals surface area contributed by atoms with Gasteiger partial charge in [0.1, 0.15) is 6.07 Å². The van der Waals surface area contributed by atoms with Crippen molar-refractivity contribution in [2.75, 3.05) is 29.4 Å². The first-order valence-corrected chi connectivity index (χ1v) is 8.88. The van der Waals surface area contributed by atoms with Crippen molar-refractivity contribution in [2.45, 2.75) is 32.5 Å². The number of likely N-dealkylation sites (N-methyl/N-ethyl adjacent to an activating group) is 1. The number of aryl methyl sites for hydroxylation is 1. The third kappa shape index (κ3) is 4.00. The predicted octanol–water partition coefficient (Wildman–Crippen LogP) is 4.39. The van der Waals surface area contributed by atoms with Crippen LogP contribution in [0.25, 0.3) is 0 Å². The van der Waals surface area contributed by atoms with Crippen LogP contribution in [0.5, 0.6) is 0 Å². The Bertz CT molecular complexity index is 857. The number of hydrogen-bond acceptors (Lipinski definition) is 4. The summed E-state index contributed by atoms with van der Waals surface area (Å²) in [5.74, 6) is 0. The van der Waals surface area contributed by atoms with Crippen molar-refractivity contribution in [1.29, 1.82) is 5.26 Å². The summed E-state index contributed by atoms with van der Waals surface area (Å²) in [5.41, 5.74) is 1.96. The van der Waals surface area contributed by atoms with Crippen LogP contribution in [0, 0.1) is 18.3 Å². The summed E-state index contributed by atoms with van der Waals surface area (Å²) in [6, 6.07) is 7.44. The number of hydrogen-bond donors (Lipinski definition) is 0. The molecule has 1 aliphatic rings. The number of nitriles is 1. The molecule has 1 atom stereocenters. The van der Waals surface area contributed by atoms with E-state index in [1.54, 1.807) is 12.4 Å². The van der Waals surface area contributed by atoms with Gasteiger partial charge in [0, 0.05) is 31.9 Å². The quantitative estimate of drug-likeness (QED) is 0.796. The molecule has 0 N–H and O–H groups in total. The lowest BCUT2D eigenvalue weighted by molar-refractivity contribution is -0.137. The Kier molecular flexibility index (Phi) is 5.26. The molecule has 2 heterocycles. The molecule has 0 saturated carbocycles. The maximum Gasteiger partial charge on any atom is 0.416 e. The molecule has 2 aromatic rings. The van der Waals surface area contributed by atoms with Gasteiger partial charge in [-0.1, -0.05) is 0 Å². The van der Waals surface area contributed by atoms with Gasteiger partial charge in [-0.25, -0.2) is 0 Å². The topological polar surface area (TPSA) is 43.2 Å². The fourth-order valence-electron chi connectivity index (χ4n) is 3.61. The summed E-state index contributed by atoms with van der Waals surface area (Å²) in [4.78, 5) is 8.32. The van der Waals surface area contributed by atoms with Gasteiger partial charge in [0.15, 0.2) is 0 Å². The second-order valence-electron chi connectivity index (χ2n) is 6.74. The highest BCUT2D eigenvalue weighted by atomic mass is 19.4. The van der Waals surface area contributed by atoms with Gasteiger partial charge >= 0.3 is 6.18 Å². The fraction of sp³-hybridized carbons (Fsp3) is 0.400. The second kappa shape index (κ2) is 7.47. The number of rotatable bonds is 4. The molecule has 0 amide bonds. The van der Waals surface area contributed by atoms with Crippen molar-refractivity contribution in [2.24, 2.45) is 0 Å². The molecular weight excluding hydrogens is 353 g/mol. The van der Waals surface area contributed by atoms with E-state index >= 15 is 0 Å². The van der Waals surface area contributed by atoms with Crippen LogP contribution in [0.1, 0.15) is 30.0 Å². The maximum atomic E-state index is 13.2. The van der Waals surface area contributed by atoms with Gasteiger partial charge in [-0.15, -0.1) is 0 Å². The first kappa shape index (κ1) is 19.0. The molecule has 4 nitrogen and oxygen atoms in total. The summed E-state index contributed by atoms with van der Waals surface area (Å²) in [7, 11) is 0. The SMILES string of the molecule is CCN(c1cc(C(F)(F)F)ccc1C#N)C1CCN(c2cncc(C)c2)C1. The summed E-state index contributed by atoms with van der Waals surface area (Å²) in [6.07, 6.45) is -0.0339. The van der Waals surface area contributed by atoms with E-state index in [-0.39, 0.29) is 11.6 Å². The van der Waals surface area contributed by atoms with Crippen LogP contribution in [-0.2, 0) is 6.18 Å². The average molecular weight is 374 g/mol. The molecule has 0 aliphatic carbocycles. The Balaban J connectivity index is 1.89. The van der Waals surface area contributed by atoms with Gasteiger partial charge < -0.3 is 9.80 Å². The average Bonchev–Trinajstić information content (AvgIpc) is 3.11. The van der Waals surface area contributed by atoms with Crippen molar-refractivity contribution in [3.8, 4) is 6.07 Å². The number of nitrogens with zero attached hydrogens (tertiary/aromatic N) is 4. The van der Waals surface area contributed by atoms with Crippen LogP contribution in [-0.4, -0.2) is 30.7 Å². The molecule has 27 heavy (non-hydrogen) atoms. The second-order valence-corrected chi connectivity index (χ2v) is 6.74. The van der Waals surface area contributed by atoms with Crippen LogP contribution < -0.4 is 9.80 Å². The van der Waals surface area contributed by atoms with Gasteiger partial charge in [-0.2, -0.15) is 18.4 Å². The molecule has 1 aromatic carbocycles. The normalized spacial score (nSPS) is 17.0. The summed E-state index contributed by atoms with van der Waals surface area (Å²) < 4.78 is 39.5. The van der Waals surface area contributed by atoms with Crippen molar-refractivity contribution in [3.63, 3.8) is 0 Å². The smallest absolute Gasteiger partial charge is 0.368 e. The Labute approximate surface area is 156 Å². The molecule has 142 valence electrons. The first-order chi connectivity index (χ1) is 12.8. The highest BCUT2D eigenvalue weighted by molar-refractivity contribution is 5.62. The molecule has 0 radical (unpaired) electrons. The van der Waals surface area contributed by atoms with Crippen LogP contribution in [0.2, 0.25) is 0 Å². The zero-order chi connectivity index (χ0) is 19.6. The minimum Gasteiger partial charge on any atom is -0.368 e. The molecular formula is C20H21F3N4. The largest absolute Gasteiger partial charge is 0.416 e. The Hall–Kier alpha value is -2.75. The number of aromatic nitrogens is 1. The van der Waals surface area contributed by atoms with Crippen molar-refractivity contribution >= 4 is 11.4 Å². The van der Waals surface area contributed by atoms with Crippen LogP contribution >= 0.6 is 0 Å². The van der Waals surface area contributed by atoms with Crippen molar-refractivity contribution < 1.29 is 13.2 Å². The fourth-order valence-corrected chi connectivity index (χ4v) is 3.61. The Morgan fingerprint density at radius 1 is 1.30 bits per heavy atom. The van der Waals surface area contributed by atoms with E-state index in [0.29, 0.717) is 18.8 Å². The number of benzene rings is 1. The number of halogens is 3. The molecule has 1 unspecified atom stereocenters. The zero-order valence-corrected chi connectivity index (χ0v) is 15.3. The van der Waals surface area contributed by atoms with E-state index in [2.05, 4.69) is 16.0 Å². The van der Waals surface area contributed by atoms with Crippen molar-refractivity contribution in [3.05, 3.63) is 53.3 Å². The summed E-state index contributed by atoms with van der Waals surface area (Å²) >= 11 is 0. The molecule has 1 aromatic heterocycles. The Morgan fingerprint density at radius 3 is 2.70 bits per heavy atom. The van der Waals surface area contributed by atoms with Gasteiger partial charge in [-0.3, -0.25) is 4.98 Å². The Morgan fingerprint density at radius 2 is 2.07 bits per heavy atom. The third-order valence-corrected chi connectivity index (χ3v) is 4.93. The highest BCUT2D eigenvalue weighted by Gasteiger charge is 2.33. The standard InChI is InChI=1S/C20H21F3N4/c1-3-27(19-9-16(20(21,22)23)5-4-15(19)10-24)17-6-7-26(13-17)18-8-14(2)11-25-12-18/h4-5,8-9,11-12,17H,3,6-7,13H2,1-2H3. The lowest BCUT2D eigenvalue weighted by Gasteiger charge is -2.31. The number of alkyl halides is 3. The van der Waals surface area contributed by atoms with E-state index < -0.39 is 11.7 Å². The van der Waals surface area contributed by atoms with E-state index in [1.165, 1.54) is 6.07 Å². The van der Waals surface area contributed by atoms with Crippen LogP contribution in [0.3, 0.4) is 0 Å². The minimum atomic E-state index is -4.43. The van der Waals surface area contributed by atoms with E-state index in [1.807, 2.05) is 24.8 Å². The first-order valence-electron chi connectivity index (χ1n) is 8.88. The summed E-state index contributed by atoms with van der Waals surface area (Å²) in [5, 5.41) is 9.38. The van der Waals surface area contributed by atoms with Crippen LogP contribution in [0.4, 0.5) is 24.5 Å². The van der Waals surface area contributed by atoms with Gasteiger partial charge in [0.05, 0.1) is 28.7 Å². The van der Waals surface area contributed by atoms with Crippen molar-refractivity contribution in [1.82, 2.24) is 4.98 Å². The number of pyridine rings is 1. The highest BCUT2D eigenvalue weighted by Crippen LogP contribution is 2.35. The lowest BCUT2D eigenvalue weighted by Crippen LogP contribution is -2.38. The van der Waals surface area contributed by atoms with Crippen LogP contribution in [0.15, 0.2) is 36.7 Å². The van der Waals surface area contributed by atoms with E-state index in [9.17, 15) is 18.4 Å². The molecule has 0 spiro atoms. The van der Waals surface area contributed by atoms with Gasteiger partial charge in [0.25, 0.3) is 0 Å². The maximum absolute atomic E-state index is 13.2. The molecule has 1 saturated heterocycles. The molecule has 0 bridgehead atoms. The lowest BCUT2D eigenvalue weighted by atomic mass is 10.1.